The second-order valence-electron chi connectivity index (χ2n) is 5.47. The summed E-state index contributed by atoms with van der Waals surface area (Å²) in [7, 11) is -2.97. The number of carbonyl (C=O) groups excluding carboxylic acids is 1. The Morgan fingerprint density at radius 2 is 1.79 bits per heavy atom. The fraction of sp³-hybridized carbons (Fsp3) is 0.917. The van der Waals surface area contributed by atoms with Crippen LogP contribution in [0.1, 0.15) is 32.1 Å². The van der Waals surface area contributed by atoms with Crippen molar-refractivity contribution in [2.24, 2.45) is 0 Å². The maximum absolute atomic E-state index is 11.9. The molecule has 2 fully saturated rings. The maximum atomic E-state index is 11.9. The quantitative estimate of drug-likeness (QED) is 0.668. The maximum Gasteiger partial charge on any atom is 0.315 e. The zero-order valence-electron chi connectivity index (χ0n) is 11.2. The van der Waals surface area contributed by atoms with Crippen LogP contribution in [-0.4, -0.2) is 51.1 Å². The van der Waals surface area contributed by atoms with E-state index in [4.69, 9.17) is 0 Å². The molecule has 0 aromatic heterocycles. The van der Waals surface area contributed by atoms with Gasteiger partial charge < -0.3 is 16.0 Å². The normalized spacial score (nSPS) is 31.2. The van der Waals surface area contributed by atoms with E-state index in [0.717, 1.165) is 38.8 Å². The number of hydrogen-bond acceptors (Lipinski definition) is 4. The second kappa shape index (κ2) is 6.56. The summed E-state index contributed by atoms with van der Waals surface area (Å²) in [6.45, 7) is 1.79. The van der Waals surface area contributed by atoms with Crippen molar-refractivity contribution in [2.75, 3.05) is 24.6 Å². The van der Waals surface area contributed by atoms with E-state index in [9.17, 15) is 13.2 Å². The monoisotopic (exact) mass is 289 g/mol. The molecule has 0 spiro atoms. The minimum atomic E-state index is -2.97. The average molecular weight is 289 g/mol. The molecule has 2 saturated heterocycles. The van der Waals surface area contributed by atoms with Gasteiger partial charge in [-0.3, -0.25) is 0 Å². The zero-order valence-corrected chi connectivity index (χ0v) is 12.0. The first-order valence-corrected chi connectivity index (χ1v) is 8.85. The van der Waals surface area contributed by atoms with Gasteiger partial charge in [0.1, 0.15) is 0 Å². The first kappa shape index (κ1) is 14.6. The minimum Gasteiger partial charge on any atom is -0.334 e. The number of hydrogen-bond donors (Lipinski definition) is 3. The number of rotatable bonds is 2. The van der Waals surface area contributed by atoms with Gasteiger partial charge in [0.25, 0.3) is 0 Å². The van der Waals surface area contributed by atoms with Gasteiger partial charge in [-0.15, -0.1) is 0 Å². The number of nitrogens with one attached hydrogen (secondary N) is 3. The van der Waals surface area contributed by atoms with Gasteiger partial charge in [-0.05, 0) is 32.2 Å². The molecule has 3 N–H and O–H groups in total. The summed E-state index contributed by atoms with van der Waals surface area (Å²) < 4.78 is 23.0. The van der Waals surface area contributed by atoms with E-state index < -0.39 is 9.84 Å². The lowest BCUT2D eigenvalue weighted by atomic mass is 10.1. The summed E-state index contributed by atoms with van der Waals surface area (Å²) >= 11 is 0. The lowest BCUT2D eigenvalue weighted by molar-refractivity contribution is 0.232. The third-order valence-electron chi connectivity index (χ3n) is 3.68. The molecule has 2 rings (SSSR count). The number of urea groups is 1. The molecule has 0 radical (unpaired) electrons. The van der Waals surface area contributed by atoms with E-state index in [0.29, 0.717) is 6.42 Å². The van der Waals surface area contributed by atoms with Crippen molar-refractivity contribution in [3.63, 3.8) is 0 Å². The highest BCUT2D eigenvalue weighted by Crippen LogP contribution is 2.12. The molecule has 2 amide bonds. The average Bonchev–Trinajstić information content (AvgIpc) is 2.56. The topological polar surface area (TPSA) is 87.3 Å². The molecular weight excluding hydrogens is 266 g/mol. The summed E-state index contributed by atoms with van der Waals surface area (Å²) in [6, 6.07) is -0.337. The van der Waals surface area contributed by atoms with E-state index in [1.807, 2.05) is 0 Å². The van der Waals surface area contributed by atoms with Crippen LogP contribution in [0.3, 0.4) is 0 Å². The van der Waals surface area contributed by atoms with Crippen molar-refractivity contribution in [3.8, 4) is 0 Å². The molecule has 2 aliphatic heterocycles. The molecule has 2 atom stereocenters. The molecule has 2 unspecified atom stereocenters. The lowest BCUT2D eigenvalue weighted by Crippen LogP contribution is -2.51. The highest BCUT2D eigenvalue weighted by molar-refractivity contribution is 7.91. The predicted octanol–water partition coefficient (Wildman–Crippen LogP) is 0.00490. The van der Waals surface area contributed by atoms with Gasteiger partial charge in [0.05, 0.1) is 11.5 Å². The summed E-state index contributed by atoms with van der Waals surface area (Å²) in [5, 5.41) is 8.99. The van der Waals surface area contributed by atoms with E-state index in [2.05, 4.69) is 16.0 Å². The molecule has 2 aliphatic rings. The van der Waals surface area contributed by atoms with Crippen LogP contribution < -0.4 is 16.0 Å². The standard InChI is InChI=1S/C12H23N3O3S/c16-12(14-10-4-1-2-6-13-8-10)15-11-5-3-7-19(17,18)9-11/h10-11,13H,1-9H2,(H2,14,15,16). The summed E-state index contributed by atoms with van der Waals surface area (Å²) in [5.74, 6) is 0.322. The largest absolute Gasteiger partial charge is 0.334 e. The van der Waals surface area contributed by atoms with Gasteiger partial charge in [0.2, 0.25) is 0 Å². The Hall–Kier alpha value is -0.820. The minimum absolute atomic E-state index is 0.0728. The molecule has 6 nitrogen and oxygen atoms in total. The van der Waals surface area contributed by atoms with Crippen molar-refractivity contribution in [3.05, 3.63) is 0 Å². The van der Waals surface area contributed by atoms with E-state index in [1.54, 1.807) is 0 Å². The van der Waals surface area contributed by atoms with E-state index >= 15 is 0 Å². The molecule has 19 heavy (non-hydrogen) atoms. The van der Waals surface area contributed by atoms with Crippen LogP contribution >= 0.6 is 0 Å². The lowest BCUT2D eigenvalue weighted by Gasteiger charge is -2.24. The van der Waals surface area contributed by atoms with Crippen molar-refractivity contribution in [1.82, 2.24) is 16.0 Å². The predicted molar refractivity (Wildman–Crippen MR) is 73.9 cm³/mol. The van der Waals surface area contributed by atoms with Crippen LogP contribution in [0.25, 0.3) is 0 Å². The molecule has 0 saturated carbocycles. The Bertz CT molecular complexity index is 402. The van der Waals surface area contributed by atoms with Crippen LogP contribution in [0.2, 0.25) is 0 Å². The highest BCUT2D eigenvalue weighted by Gasteiger charge is 2.26. The van der Waals surface area contributed by atoms with E-state index in [-0.39, 0.29) is 29.6 Å². The van der Waals surface area contributed by atoms with Crippen molar-refractivity contribution < 1.29 is 13.2 Å². The van der Waals surface area contributed by atoms with Crippen molar-refractivity contribution >= 4 is 15.9 Å². The van der Waals surface area contributed by atoms with Crippen molar-refractivity contribution in [1.29, 1.82) is 0 Å². The van der Waals surface area contributed by atoms with E-state index in [1.165, 1.54) is 0 Å². The third-order valence-corrected chi connectivity index (χ3v) is 5.50. The Kier molecular flexibility index (Phi) is 5.04. The molecule has 110 valence electrons. The summed E-state index contributed by atoms with van der Waals surface area (Å²) in [5.41, 5.74) is 0. The zero-order chi connectivity index (χ0) is 13.7. The second-order valence-corrected chi connectivity index (χ2v) is 7.70. The van der Waals surface area contributed by atoms with Crippen LogP contribution in [0.5, 0.6) is 0 Å². The smallest absolute Gasteiger partial charge is 0.315 e. The number of sulfone groups is 1. The molecule has 0 bridgehead atoms. The molecule has 2 heterocycles. The Morgan fingerprint density at radius 3 is 2.58 bits per heavy atom. The third kappa shape index (κ3) is 4.99. The van der Waals surface area contributed by atoms with Gasteiger partial charge in [-0.1, -0.05) is 6.42 Å². The van der Waals surface area contributed by atoms with Crippen LogP contribution in [0.4, 0.5) is 4.79 Å². The first-order valence-electron chi connectivity index (χ1n) is 7.03. The van der Waals surface area contributed by atoms with Crippen molar-refractivity contribution in [2.45, 2.75) is 44.2 Å². The van der Waals surface area contributed by atoms with Crippen LogP contribution in [0.15, 0.2) is 0 Å². The Morgan fingerprint density at radius 1 is 1.05 bits per heavy atom. The van der Waals surface area contributed by atoms with Gasteiger partial charge in [0.15, 0.2) is 9.84 Å². The molecule has 0 aromatic carbocycles. The molecule has 0 aliphatic carbocycles. The number of amides is 2. The molecule has 0 aromatic rings. The SMILES string of the molecule is O=C(NC1CCCCNC1)NC1CCCS(=O)(=O)C1. The first-order chi connectivity index (χ1) is 9.05. The van der Waals surface area contributed by atoms with Gasteiger partial charge in [-0.25, -0.2) is 13.2 Å². The fourth-order valence-corrected chi connectivity index (χ4v) is 4.33. The fourth-order valence-electron chi connectivity index (χ4n) is 2.69. The van der Waals surface area contributed by atoms with Gasteiger partial charge in [0, 0.05) is 18.6 Å². The summed E-state index contributed by atoms with van der Waals surface area (Å²) in [4.78, 5) is 11.9. The van der Waals surface area contributed by atoms with Gasteiger partial charge in [-0.2, -0.15) is 0 Å². The van der Waals surface area contributed by atoms with Crippen LogP contribution in [-0.2, 0) is 9.84 Å². The highest BCUT2D eigenvalue weighted by atomic mass is 32.2. The van der Waals surface area contributed by atoms with Gasteiger partial charge >= 0.3 is 6.03 Å². The molecular formula is C12H23N3O3S. The number of carbonyl (C=O) groups is 1. The van der Waals surface area contributed by atoms with Crippen LogP contribution in [0, 0.1) is 0 Å². The Labute approximate surface area is 114 Å². The summed E-state index contributed by atoms with van der Waals surface area (Å²) in [6.07, 6.45) is 4.60. The Balaban J connectivity index is 1.77. The molecule has 7 heteroatoms.